The fraction of sp³-hybridized carbons (Fsp3) is 0.333. The molecule has 56 valence electrons. The molecule has 0 bridgehead atoms. The van der Waals surface area contributed by atoms with Crippen LogP contribution < -0.4 is 5.73 Å². The Hall–Kier alpha value is -0.980. The van der Waals surface area contributed by atoms with E-state index in [-0.39, 0.29) is 5.41 Å². The van der Waals surface area contributed by atoms with Crippen molar-refractivity contribution in [2.24, 2.45) is 11.1 Å². The summed E-state index contributed by atoms with van der Waals surface area (Å²) in [5.74, 6) is 0. The van der Waals surface area contributed by atoms with Gasteiger partial charge in [-0.05, 0) is 6.20 Å². The van der Waals surface area contributed by atoms with Crippen molar-refractivity contribution in [2.75, 3.05) is 0 Å². The molecule has 0 unspecified atom stereocenters. The summed E-state index contributed by atoms with van der Waals surface area (Å²) in [5.41, 5.74) is 5.29. The average Bonchev–Trinajstić information content (AvgIpc) is 1.84. The van der Waals surface area contributed by atoms with E-state index in [0.29, 0.717) is 0 Å². The van der Waals surface area contributed by atoms with Gasteiger partial charge in [0.1, 0.15) is 0 Å². The third-order valence-corrected chi connectivity index (χ3v) is 1.19. The minimum absolute atomic E-state index is 0.0446. The number of hydrogen-bond acceptors (Lipinski definition) is 1. The van der Waals surface area contributed by atoms with E-state index in [1.807, 2.05) is 18.2 Å². The zero-order valence-corrected chi connectivity index (χ0v) is 6.67. The highest BCUT2D eigenvalue weighted by atomic mass is 14.5. The first-order chi connectivity index (χ1) is 4.62. The Morgan fingerprint density at radius 2 is 1.90 bits per heavy atom. The summed E-state index contributed by atoms with van der Waals surface area (Å²) in [7, 11) is 0. The number of nitrogens with two attached hydrogens (primary N) is 1. The summed E-state index contributed by atoms with van der Waals surface area (Å²) in [6.07, 6.45) is 9.22. The quantitative estimate of drug-likeness (QED) is 0.593. The Bertz CT molecular complexity index is 152. The van der Waals surface area contributed by atoms with Gasteiger partial charge in [-0.1, -0.05) is 44.7 Å². The third kappa shape index (κ3) is 3.96. The van der Waals surface area contributed by atoms with E-state index in [2.05, 4.69) is 20.4 Å². The molecular formula is C9H15N. The Morgan fingerprint density at radius 1 is 1.30 bits per heavy atom. The molecule has 2 N–H and O–H groups in total. The molecule has 0 fully saturated rings. The molecule has 10 heavy (non-hydrogen) atoms. The summed E-state index contributed by atoms with van der Waals surface area (Å²) in [6.45, 7) is 7.74. The van der Waals surface area contributed by atoms with Crippen LogP contribution in [0.4, 0.5) is 0 Å². The highest BCUT2D eigenvalue weighted by Gasteiger charge is 2.06. The van der Waals surface area contributed by atoms with Crippen molar-refractivity contribution in [1.82, 2.24) is 0 Å². The van der Waals surface area contributed by atoms with E-state index in [1.54, 1.807) is 12.3 Å². The minimum Gasteiger partial charge on any atom is -0.405 e. The van der Waals surface area contributed by atoms with Crippen LogP contribution in [0.5, 0.6) is 0 Å². The Labute approximate surface area is 62.9 Å². The van der Waals surface area contributed by atoms with Crippen LogP contribution in [0.3, 0.4) is 0 Å². The maximum atomic E-state index is 5.25. The van der Waals surface area contributed by atoms with Gasteiger partial charge in [-0.3, -0.25) is 0 Å². The smallest absolute Gasteiger partial charge is 0.00246 e. The van der Waals surface area contributed by atoms with Crippen LogP contribution in [0.2, 0.25) is 0 Å². The van der Waals surface area contributed by atoms with Crippen molar-refractivity contribution in [1.29, 1.82) is 0 Å². The van der Waals surface area contributed by atoms with Crippen LogP contribution in [0.15, 0.2) is 37.1 Å². The SMILES string of the molecule is C=C/C=C\C(C)(C)/C=C\N. The minimum atomic E-state index is 0.0446. The first kappa shape index (κ1) is 9.02. The molecule has 0 saturated heterocycles. The molecule has 0 rings (SSSR count). The lowest BCUT2D eigenvalue weighted by Gasteiger charge is -2.12. The van der Waals surface area contributed by atoms with Crippen LogP contribution in [-0.4, -0.2) is 0 Å². The molecule has 0 aromatic rings. The van der Waals surface area contributed by atoms with E-state index in [4.69, 9.17) is 5.73 Å². The summed E-state index contributed by atoms with van der Waals surface area (Å²) >= 11 is 0. The number of rotatable bonds is 3. The second-order valence-corrected chi connectivity index (χ2v) is 2.78. The Balaban J connectivity index is 4.10. The van der Waals surface area contributed by atoms with E-state index in [1.165, 1.54) is 0 Å². The van der Waals surface area contributed by atoms with Crippen LogP contribution in [0, 0.1) is 5.41 Å². The summed E-state index contributed by atoms with van der Waals surface area (Å²) in [5, 5.41) is 0. The van der Waals surface area contributed by atoms with Gasteiger partial charge in [-0.2, -0.15) is 0 Å². The van der Waals surface area contributed by atoms with Crippen molar-refractivity contribution in [3.05, 3.63) is 37.1 Å². The molecule has 0 aliphatic heterocycles. The molecule has 0 heterocycles. The maximum Gasteiger partial charge on any atom is 0.00246 e. The molecule has 0 radical (unpaired) electrons. The molecule has 0 saturated carbocycles. The number of allylic oxidation sites excluding steroid dienone is 4. The predicted molar refractivity (Wildman–Crippen MR) is 46.4 cm³/mol. The van der Waals surface area contributed by atoms with E-state index >= 15 is 0 Å². The molecule has 0 aromatic carbocycles. The molecule has 1 heteroatoms. The second kappa shape index (κ2) is 3.94. The Kier molecular flexibility index (Phi) is 3.55. The molecule has 0 spiro atoms. The van der Waals surface area contributed by atoms with Crippen LogP contribution in [0.1, 0.15) is 13.8 Å². The molecule has 0 aromatic heterocycles. The summed E-state index contributed by atoms with van der Waals surface area (Å²) < 4.78 is 0. The normalized spacial score (nSPS) is 13.0. The largest absolute Gasteiger partial charge is 0.405 e. The van der Waals surface area contributed by atoms with Gasteiger partial charge in [0.25, 0.3) is 0 Å². The van der Waals surface area contributed by atoms with Crippen molar-refractivity contribution in [2.45, 2.75) is 13.8 Å². The molecule has 0 aliphatic carbocycles. The first-order valence-electron chi connectivity index (χ1n) is 3.32. The lowest BCUT2D eigenvalue weighted by molar-refractivity contribution is 0.624. The van der Waals surface area contributed by atoms with Crippen LogP contribution >= 0.6 is 0 Å². The summed E-state index contributed by atoms with van der Waals surface area (Å²) in [4.78, 5) is 0. The Morgan fingerprint density at radius 3 is 2.30 bits per heavy atom. The zero-order chi connectivity index (χ0) is 8.04. The second-order valence-electron chi connectivity index (χ2n) is 2.78. The predicted octanol–water partition coefficient (Wildman–Crippen LogP) is 2.23. The van der Waals surface area contributed by atoms with Crippen molar-refractivity contribution < 1.29 is 0 Å². The van der Waals surface area contributed by atoms with Crippen molar-refractivity contribution in [3.8, 4) is 0 Å². The highest BCUT2D eigenvalue weighted by Crippen LogP contribution is 2.17. The van der Waals surface area contributed by atoms with E-state index < -0.39 is 0 Å². The lowest BCUT2D eigenvalue weighted by atomic mass is 9.93. The average molecular weight is 137 g/mol. The standard InChI is InChI=1S/C9H15N/c1-4-5-6-9(2,3)7-8-10/h4-8H,1,10H2,2-3H3/b6-5-,8-7-. The van der Waals surface area contributed by atoms with Crippen molar-refractivity contribution in [3.63, 3.8) is 0 Å². The lowest BCUT2D eigenvalue weighted by Crippen LogP contribution is -2.02. The van der Waals surface area contributed by atoms with Crippen LogP contribution in [-0.2, 0) is 0 Å². The fourth-order valence-electron chi connectivity index (χ4n) is 0.620. The van der Waals surface area contributed by atoms with Gasteiger partial charge in [-0.25, -0.2) is 0 Å². The molecule has 0 atom stereocenters. The maximum absolute atomic E-state index is 5.25. The highest BCUT2D eigenvalue weighted by molar-refractivity contribution is 5.10. The topological polar surface area (TPSA) is 26.0 Å². The van der Waals surface area contributed by atoms with Gasteiger partial charge < -0.3 is 5.73 Å². The van der Waals surface area contributed by atoms with E-state index in [9.17, 15) is 0 Å². The molecule has 0 aliphatic rings. The molecule has 0 amide bonds. The third-order valence-electron chi connectivity index (χ3n) is 1.19. The van der Waals surface area contributed by atoms with Crippen molar-refractivity contribution >= 4 is 0 Å². The first-order valence-corrected chi connectivity index (χ1v) is 3.32. The number of hydrogen-bond donors (Lipinski definition) is 1. The monoisotopic (exact) mass is 137 g/mol. The van der Waals surface area contributed by atoms with Crippen LogP contribution in [0.25, 0.3) is 0 Å². The zero-order valence-electron chi connectivity index (χ0n) is 6.67. The summed E-state index contributed by atoms with van der Waals surface area (Å²) in [6, 6.07) is 0. The molecule has 1 nitrogen and oxygen atoms in total. The fourth-order valence-corrected chi connectivity index (χ4v) is 0.620. The van der Waals surface area contributed by atoms with Gasteiger partial charge in [-0.15, -0.1) is 0 Å². The van der Waals surface area contributed by atoms with Gasteiger partial charge in [0, 0.05) is 5.41 Å². The molecular weight excluding hydrogens is 122 g/mol. The van der Waals surface area contributed by atoms with Gasteiger partial charge >= 0.3 is 0 Å². The van der Waals surface area contributed by atoms with Gasteiger partial charge in [0.2, 0.25) is 0 Å². The van der Waals surface area contributed by atoms with E-state index in [0.717, 1.165) is 0 Å². The van der Waals surface area contributed by atoms with Gasteiger partial charge in [0.15, 0.2) is 0 Å². The van der Waals surface area contributed by atoms with Gasteiger partial charge in [0.05, 0.1) is 0 Å².